The smallest absolute Gasteiger partial charge is 0.262 e. The first kappa shape index (κ1) is 17.4. The van der Waals surface area contributed by atoms with Gasteiger partial charge < -0.3 is 15.0 Å². The van der Waals surface area contributed by atoms with Gasteiger partial charge in [-0.25, -0.2) is 9.37 Å². The first-order valence-corrected chi connectivity index (χ1v) is 8.37. The highest BCUT2D eigenvalue weighted by atomic mass is 35.5. The third kappa shape index (κ3) is 4.57. The van der Waals surface area contributed by atoms with Crippen LogP contribution in [0.3, 0.4) is 0 Å². The van der Waals surface area contributed by atoms with Gasteiger partial charge in [-0.2, -0.15) is 4.98 Å². The highest BCUT2D eigenvalue weighted by Crippen LogP contribution is 2.23. The van der Waals surface area contributed by atoms with Crippen molar-refractivity contribution < 1.29 is 13.9 Å². The van der Waals surface area contributed by atoms with Crippen LogP contribution in [0.5, 0.6) is 5.88 Å². The number of aromatic nitrogens is 2. The van der Waals surface area contributed by atoms with Crippen LogP contribution >= 0.6 is 11.6 Å². The van der Waals surface area contributed by atoms with Crippen molar-refractivity contribution in [3.63, 3.8) is 0 Å². The van der Waals surface area contributed by atoms with E-state index in [4.69, 9.17) is 16.3 Å². The summed E-state index contributed by atoms with van der Waals surface area (Å²) in [6.07, 6.45) is 2.24. The molecule has 0 bridgehead atoms. The standard InChI is InChI=1S/C17H18ClFN4O2/c1-11-8-16(22-17(20-11)23-6-2-3-7-23)25-10-15(24)21-14-5-4-12(19)9-13(14)18/h4-5,8-9H,2-3,6-7,10H2,1H3,(H,21,24). The van der Waals surface area contributed by atoms with Gasteiger partial charge in [-0.1, -0.05) is 11.6 Å². The molecule has 2 heterocycles. The number of nitrogens with zero attached hydrogens (tertiary/aromatic N) is 3. The zero-order valence-electron chi connectivity index (χ0n) is 13.8. The van der Waals surface area contributed by atoms with Crippen molar-refractivity contribution in [2.75, 3.05) is 29.9 Å². The molecule has 1 aliphatic heterocycles. The minimum absolute atomic E-state index is 0.127. The van der Waals surface area contributed by atoms with E-state index in [9.17, 15) is 9.18 Å². The number of carbonyl (C=O) groups is 1. The van der Waals surface area contributed by atoms with E-state index in [-0.39, 0.29) is 11.6 Å². The van der Waals surface area contributed by atoms with Crippen LogP contribution in [0.4, 0.5) is 16.0 Å². The van der Waals surface area contributed by atoms with E-state index in [2.05, 4.69) is 20.2 Å². The van der Waals surface area contributed by atoms with Crippen molar-refractivity contribution in [2.45, 2.75) is 19.8 Å². The summed E-state index contributed by atoms with van der Waals surface area (Å²) in [7, 11) is 0. The lowest BCUT2D eigenvalue weighted by Gasteiger charge is -2.16. The van der Waals surface area contributed by atoms with Crippen molar-refractivity contribution in [3.8, 4) is 5.88 Å². The maximum Gasteiger partial charge on any atom is 0.262 e. The second-order valence-electron chi connectivity index (χ2n) is 5.80. The average Bonchev–Trinajstić information content (AvgIpc) is 3.10. The zero-order chi connectivity index (χ0) is 17.8. The Balaban J connectivity index is 1.61. The zero-order valence-corrected chi connectivity index (χ0v) is 14.5. The molecule has 0 spiro atoms. The van der Waals surface area contributed by atoms with Crippen LogP contribution in [0.1, 0.15) is 18.5 Å². The van der Waals surface area contributed by atoms with Gasteiger partial charge in [-0.15, -0.1) is 0 Å². The highest BCUT2D eigenvalue weighted by molar-refractivity contribution is 6.33. The van der Waals surface area contributed by atoms with Crippen LogP contribution in [0.25, 0.3) is 0 Å². The number of rotatable bonds is 5. The van der Waals surface area contributed by atoms with Gasteiger partial charge in [0.25, 0.3) is 5.91 Å². The van der Waals surface area contributed by atoms with Crippen LogP contribution in [0.15, 0.2) is 24.3 Å². The third-order valence-corrected chi connectivity index (χ3v) is 4.08. The number of halogens is 2. The number of amides is 1. The fourth-order valence-electron chi connectivity index (χ4n) is 2.57. The van der Waals surface area contributed by atoms with E-state index in [1.165, 1.54) is 12.1 Å². The Labute approximate surface area is 150 Å². The van der Waals surface area contributed by atoms with Crippen LogP contribution in [-0.4, -0.2) is 35.6 Å². The summed E-state index contributed by atoms with van der Waals surface area (Å²) in [6, 6.07) is 5.43. The Morgan fingerprint density at radius 3 is 2.80 bits per heavy atom. The van der Waals surface area contributed by atoms with Gasteiger partial charge in [-0.05, 0) is 38.0 Å². The summed E-state index contributed by atoms with van der Waals surface area (Å²) in [5.41, 5.74) is 1.10. The summed E-state index contributed by atoms with van der Waals surface area (Å²) in [5, 5.41) is 2.70. The maximum atomic E-state index is 13.0. The number of hydrogen-bond acceptors (Lipinski definition) is 5. The van der Waals surface area contributed by atoms with E-state index in [0.717, 1.165) is 37.7 Å². The molecule has 1 saturated heterocycles. The molecule has 3 rings (SSSR count). The third-order valence-electron chi connectivity index (χ3n) is 3.76. The van der Waals surface area contributed by atoms with E-state index in [1.807, 2.05) is 6.92 Å². The largest absolute Gasteiger partial charge is 0.467 e. The van der Waals surface area contributed by atoms with Crippen molar-refractivity contribution >= 4 is 29.1 Å². The van der Waals surface area contributed by atoms with Crippen molar-refractivity contribution in [3.05, 3.63) is 40.8 Å². The number of aryl methyl sites for hydroxylation is 1. The Kier molecular flexibility index (Phi) is 5.33. The van der Waals surface area contributed by atoms with Gasteiger partial charge in [0.15, 0.2) is 6.61 Å². The normalized spacial score (nSPS) is 13.8. The molecule has 0 aliphatic carbocycles. The maximum absolute atomic E-state index is 13.0. The fraction of sp³-hybridized carbons (Fsp3) is 0.353. The first-order valence-electron chi connectivity index (χ1n) is 7.99. The lowest BCUT2D eigenvalue weighted by atomic mass is 10.3. The molecule has 0 atom stereocenters. The van der Waals surface area contributed by atoms with Crippen molar-refractivity contribution in [1.29, 1.82) is 0 Å². The summed E-state index contributed by atoms with van der Waals surface area (Å²) < 4.78 is 18.5. The molecular formula is C17H18ClFN4O2. The molecule has 2 aromatic rings. The van der Waals surface area contributed by atoms with Gasteiger partial charge in [0.1, 0.15) is 5.82 Å². The first-order chi connectivity index (χ1) is 12.0. The molecule has 1 aliphatic rings. The van der Waals surface area contributed by atoms with Crippen LogP contribution < -0.4 is 15.0 Å². The molecule has 1 aromatic heterocycles. The molecule has 1 N–H and O–H groups in total. The summed E-state index contributed by atoms with van der Waals surface area (Å²) in [5.74, 6) is 0.0851. The lowest BCUT2D eigenvalue weighted by molar-refractivity contribution is -0.118. The number of benzene rings is 1. The molecular weight excluding hydrogens is 347 g/mol. The Hall–Kier alpha value is -2.41. The molecule has 8 heteroatoms. The molecule has 25 heavy (non-hydrogen) atoms. The summed E-state index contributed by atoms with van der Waals surface area (Å²) in [4.78, 5) is 22.9. The molecule has 0 radical (unpaired) electrons. The van der Waals surface area contributed by atoms with Gasteiger partial charge in [0.05, 0.1) is 10.7 Å². The van der Waals surface area contributed by atoms with E-state index in [0.29, 0.717) is 17.5 Å². The van der Waals surface area contributed by atoms with Crippen LogP contribution in [0, 0.1) is 12.7 Å². The van der Waals surface area contributed by atoms with Gasteiger partial charge >= 0.3 is 0 Å². The minimum Gasteiger partial charge on any atom is -0.467 e. The quantitative estimate of drug-likeness (QED) is 0.882. The van der Waals surface area contributed by atoms with Crippen molar-refractivity contribution in [2.24, 2.45) is 0 Å². The van der Waals surface area contributed by atoms with Gasteiger partial charge in [0.2, 0.25) is 11.8 Å². The number of anilines is 2. The van der Waals surface area contributed by atoms with E-state index < -0.39 is 11.7 Å². The molecule has 0 unspecified atom stereocenters. The monoisotopic (exact) mass is 364 g/mol. The van der Waals surface area contributed by atoms with E-state index in [1.54, 1.807) is 6.07 Å². The summed E-state index contributed by atoms with van der Waals surface area (Å²) >= 11 is 5.88. The molecule has 0 saturated carbocycles. The molecule has 1 aromatic carbocycles. The number of hydrogen-bond donors (Lipinski definition) is 1. The van der Waals surface area contributed by atoms with Crippen LogP contribution in [-0.2, 0) is 4.79 Å². The lowest BCUT2D eigenvalue weighted by Crippen LogP contribution is -2.23. The Bertz CT molecular complexity index is 781. The second kappa shape index (κ2) is 7.65. The molecule has 1 amide bonds. The van der Waals surface area contributed by atoms with Crippen molar-refractivity contribution in [1.82, 2.24) is 9.97 Å². The van der Waals surface area contributed by atoms with Crippen LogP contribution in [0.2, 0.25) is 5.02 Å². The predicted molar refractivity (Wildman–Crippen MR) is 93.8 cm³/mol. The fourth-order valence-corrected chi connectivity index (χ4v) is 2.79. The Morgan fingerprint density at radius 2 is 2.08 bits per heavy atom. The van der Waals surface area contributed by atoms with E-state index >= 15 is 0 Å². The van der Waals surface area contributed by atoms with Gasteiger partial charge in [-0.3, -0.25) is 4.79 Å². The molecule has 132 valence electrons. The number of nitrogens with one attached hydrogen (secondary N) is 1. The highest BCUT2D eigenvalue weighted by Gasteiger charge is 2.16. The number of carbonyl (C=O) groups excluding carboxylic acids is 1. The predicted octanol–water partition coefficient (Wildman–Crippen LogP) is 3.20. The SMILES string of the molecule is Cc1cc(OCC(=O)Nc2ccc(F)cc2Cl)nc(N2CCCC2)n1. The second-order valence-corrected chi connectivity index (χ2v) is 6.21. The van der Waals surface area contributed by atoms with Gasteiger partial charge in [0, 0.05) is 24.8 Å². The summed E-state index contributed by atoms with van der Waals surface area (Å²) in [6.45, 7) is 3.47. The Morgan fingerprint density at radius 1 is 1.32 bits per heavy atom. The average molecular weight is 365 g/mol. The molecule has 1 fully saturated rings. The molecule has 6 nitrogen and oxygen atoms in total. The minimum atomic E-state index is -0.467. The number of ether oxygens (including phenoxy) is 1. The topological polar surface area (TPSA) is 67.3 Å².